The average molecular weight is 497 g/mol. The second-order valence-corrected chi connectivity index (χ2v) is 9.93. The molecule has 5 heterocycles. The molecule has 6 rings (SSSR count). The monoisotopic (exact) mass is 496 g/mol. The molecule has 0 aliphatic carbocycles. The molecule has 1 N–H and O–H groups in total. The summed E-state index contributed by atoms with van der Waals surface area (Å²) in [6.07, 6.45) is 3.54. The van der Waals surface area contributed by atoms with Gasteiger partial charge in [0.1, 0.15) is 9.53 Å². The molecule has 1 aromatic carbocycles. The van der Waals surface area contributed by atoms with Crippen LogP contribution in [0.4, 0.5) is 5.69 Å². The minimum absolute atomic E-state index is 0.0359. The highest BCUT2D eigenvalue weighted by molar-refractivity contribution is 7.99. The maximum Gasteiger partial charge on any atom is 0.272 e. The summed E-state index contributed by atoms with van der Waals surface area (Å²) in [7, 11) is 0. The number of hydrogen-bond donors (Lipinski definition) is 1. The van der Waals surface area contributed by atoms with Crippen LogP contribution in [0.2, 0.25) is 0 Å². The van der Waals surface area contributed by atoms with Crippen molar-refractivity contribution in [2.75, 3.05) is 24.5 Å². The summed E-state index contributed by atoms with van der Waals surface area (Å²) in [6, 6.07) is 9.00. The topological polar surface area (TPSA) is 105 Å². The first-order chi connectivity index (χ1) is 16.7. The van der Waals surface area contributed by atoms with Crippen LogP contribution in [0.25, 0.3) is 20.4 Å². The van der Waals surface area contributed by atoms with E-state index in [1.165, 1.54) is 23.1 Å². The first kappa shape index (κ1) is 21.4. The minimum Gasteiger partial charge on any atom is -0.454 e. The lowest BCUT2D eigenvalue weighted by molar-refractivity contribution is -0.113. The zero-order valence-electron chi connectivity index (χ0n) is 18.0. The number of fused-ring (bicyclic) bond motifs is 4. The van der Waals surface area contributed by atoms with Crippen molar-refractivity contribution in [3.63, 3.8) is 0 Å². The molecular formula is C23H20N4O5S2. The molecule has 9 nitrogen and oxygen atoms in total. The number of carbonyl (C=O) groups is 1. The fourth-order valence-corrected chi connectivity index (χ4v) is 5.94. The molecule has 34 heavy (non-hydrogen) atoms. The summed E-state index contributed by atoms with van der Waals surface area (Å²) >= 11 is 2.58. The van der Waals surface area contributed by atoms with E-state index in [1.807, 2.05) is 12.1 Å². The van der Waals surface area contributed by atoms with Crippen LogP contribution in [0.5, 0.6) is 11.5 Å². The number of carbonyl (C=O) groups excluding carboxylic acids is 1. The molecule has 3 aromatic heterocycles. The Morgan fingerprint density at radius 1 is 1.26 bits per heavy atom. The Hall–Kier alpha value is -3.15. The van der Waals surface area contributed by atoms with Crippen molar-refractivity contribution in [3.05, 3.63) is 46.9 Å². The van der Waals surface area contributed by atoms with E-state index in [-0.39, 0.29) is 30.1 Å². The van der Waals surface area contributed by atoms with E-state index in [0.29, 0.717) is 45.7 Å². The molecule has 1 fully saturated rings. The zero-order valence-corrected chi connectivity index (χ0v) is 19.6. The van der Waals surface area contributed by atoms with Gasteiger partial charge in [-0.15, -0.1) is 11.3 Å². The maximum absolute atomic E-state index is 13.5. The first-order valence-corrected chi connectivity index (χ1v) is 12.7. The normalized spacial score (nSPS) is 17.0. The third-order valence-corrected chi connectivity index (χ3v) is 7.78. The predicted octanol–water partition coefficient (Wildman–Crippen LogP) is 3.64. The van der Waals surface area contributed by atoms with Crippen molar-refractivity contribution in [1.29, 1.82) is 0 Å². The van der Waals surface area contributed by atoms with E-state index in [2.05, 4.69) is 10.3 Å². The number of ether oxygens (including phenoxy) is 3. The molecular weight excluding hydrogens is 476 g/mol. The molecule has 11 heteroatoms. The van der Waals surface area contributed by atoms with Crippen LogP contribution < -0.4 is 20.3 Å². The van der Waals surface area contributed by atoms with Gasteiger partial charge in [0, 0.05) is 29.9 Å². The largest absolute Gasteiger partial charge is 0.454 e. The van der Waals surface area contributed by atoms with Crippen molar-refractivity contribution in [3.8, 4) is 11.5 Å². The second kappa shape index (κ2) is 8.90. The zero-order chi connectivity index (χ0) is 23.1. The molecule has 1 saturated heterocycles. The van der Waals surface area contributed by atoms with Crippen LogP contribution in [-0.4, -0.2) is 45.7 Å². The van der Waals surface area contributed by atoms with Gasteiger partial charge in [-0.3, -0.25) is 14.2 Å². The van der Waals surface area contributed by atoms with Crippen LogP contribution >= 0.6 is 23.1 Å². The molecule has 1 atom stereocenters. The molecule has 0 bridgehead atoms. The smallest absolute Gasteiger partial charge is 0.272 e. The third kappa shape index (κ3) is 3.99. The van der Waals surface area contributed by atoms with Crippen molar-refractivity contribution >= 4 is 55.1 Å². The number of amides is 1. The lowest BCUT2D eigenvalue weighted by atomic mass is 10.2. The highest BCUT2D eigenvalue weighted by Gasteiger charge is 2.23. The van der Waals surface area contributed by atoms with Gasteiger partial charge in [0.15, 0.2) is 16.7 Å². The number of benzene rings is 1. The second-order valence-electron chi connectivity index (χ2n) is 7.99. The van der Waals surface area contributed by atoms with E-state index in [9.17, 15) is 9.59 Å². The number of nitrogens with one attached hydrogen (secondary N) is 1. The third-order valence-electron chi connectivity index (χ3n) is 5.72. The number of rotatable bonds is 6. The number of thioether (sulfide) groups is 1. The average Bonchev–Trinajstić information content (AvgIpc) is 3.59. The van der Waals surface area contributed by atoms with Gasteiger partial charge in [-0.1, -0.05) is 11.8 Å². The number of nitrogens with zero attached hydrogens (tertiary/aromatic N) is 3. The SMILES string of the molecule is O=C(CSc1nc2c(sc3ncccc32)c(=O)n1C[C@H]1CCCO1)Nc1ccc2c(c1)OCO2. The van der Waals surface area contributed by atoms with Crippen LogP contribution in [0.3, 0.4) is 0 Å². The molecule has 4 aromatic rings. The molecule has 2 aliphatic rings. The Morgan fingerprint density at radius 3 is 3.06 bits per heavy atom. The summed E-state index contributed by atoms with van der Waals surface area (Å²) in [5.41, 5.74) is 1.12. The maximum atomic E-state index is 13.5. The summed E-state index contributed by atoms with van der Waals surface area (Å²) in [6.45, 7) is 1.28. The van der Waals surface area contributed by atoms with Crippen LogP contribution in [0, 0.1) is 0 Å². The van der Waals surface area contributed by atoms with Crippen LogP contribution in [-0.2, 0) is 16.1 Å². The Kier molecular flexibility index (Phi) is 5.60. The molecule has 0 spiro atoms. The van der Waals surface area contributed by atoms with Gasteiger partial charge in [-0.25, -0.2) is 9.97 Å². The van der Waals surface area contributed by atoms with E-state index in [4.69, 9.17) is 19.2 Å². The Balaban J connectivity index is 1.29. The van der Waals surface area contributed by atoms with Gasteiger partial charge in [0.2, 0.25) is 12.7 Å². The minimum atomic E-state index is -0.210. The van der Waals surface area contributed by atoms with E-state index >= 15 is 0 Å². The standard InChI is InChI=1S/C23H20N4O5S2/c28-18(25-13-5-6-16-17(9-13)32-12-31-16)11-33-23-26-19-15-4-1-7-24-21(15)34-20(19)22(29)27(23)10-14-3-2-8-30-14/h1,4-7,9,14H,2-3,8,10-12H2,(H,25,28)/t14-/m1/s1. The summed E-state index contributed by atoms with van der Waals surface area (Å²) in [5, 5.41) is 4.21. The number of thiophene rings is 1. The Bertz CT molecular complexity index is 1460. The van der Waals surface area contributed by atoms with Crippen molar-refractivity contribution in [2.24, 2.45) is 0 Å². The van der Waals surface area contributed by atoms with Gasteiger partial charge in [-0.05, 0) is 37.1 Å². The fraction of sp³-hybridized carbons (Fsp3) is 0.304. The highest BCUT2D eigenvalue weighted by atomic mass is 32.2. The van der Waals surface area contributed by atoms with Crippen molar-refractivity contribution < 1.29 is 19.0 Å². The summed E-state index contributed by atoms with van der Waals surface area (Å²) in [5.74, 6) is 1.14. The molecule has 0 radical (unpaired) electrons. The molecule has 1 amide bonds. The van der Waals surface area contributed by atoms with Crippen molar-refractivity contribution in [2.45, 2.75) is 30.6 Å². The fourth-order valence-electron chi connectivity index (χ4n) is 4.11. The van der Waals surface area contributed by atoms with Gasteiger partial charge in [0.05, 0.1) is 23.9 Å². The Labute approximate surface area is 202 Å². The highest BCUT2D eigenvalue weighted by Crippen LogP contribution is 2.34. The number of pyridine rings is 1. The predicted molar refractivity (Wildman–Crippen MR) is 130 cm³/mol. The lowest BCUT2D eigenvalue weighted by Crippen LogP contribution is -2.28. The van der Waals surface area contributed by atoms with Gasteiger partial charge < -0.3 is 19.5 Å². The lowest BCUT2D eigenvalue weighted by Gasteiger charge is -2.15. The molecule has 0 saturated carbocycles. The summed E-state index contributed by atoms with van der Waals surface area (Å²) in [4.78, 5) is 36.1. The van der Waals surface area contributed by atoms with E-state index < -0.39 is 0 Å². The molecule has 174 valence electrons. The van der Waals surface area contributed by atoms with Crippen molar-refractivity contribution in [1.82, 2.24) is 14.5 Å². The molecule has 0 unspecified atom stereocenters. The van der Waals surface area contributed by atoms with Gasteiger partial charge in [-0.2, -0.15) is 0 Å². The first-order valence-electron chi connectivity index (χ1n) is 10.9. The van der Waals surface area contributed by atoms with E-state index in [0.717, 1.165) is 23.1 Å². The quantitative estimate of drug-likeness (QED) is 0.319. The number of anilines is 1. The summed E-state index contributed by atoms with van der Waals surface area (Å²) < 4.78 is 18.7. The van der Waals surface area contributed by atoms with E-state index in [1.54, 1.807) is 29.0 Å². The molecule has 2 aliphatic heterocycles. The number of hydrogen-bond acceptors (Lipinski definition) is 9. The van der Waals surface area contributed by atoms with Crippen LogP contribution in [0.1, 0.15) is 12.8 Å². The number of aromatic nitrogens is 3. The van der Waals surface area contributed by atoms with Gasteiger partial charge >= 0.3 is 0 Å². The Morgan fingerprint density at radius 2 is 2.18 bits per heavy atom. The van der Waals surface area contributed by atoms with Crippen LogP contribution in [0.15, 0.2) is 46.5 Å². The van der Waals surface area contributed by atoms with Gasteiger partial charge in [0.25, 0.3) is 5.56 Å².